The van der Waals surface area contributed by atoms with Gasteiger partial charge in [0.2, 0.25) is 16.9 Å². The monoisotopic (exact) mass is 376 g/mol. The molecule has 0 bridgehead atoms. The van der Waals surface area contributed by atoms with E-state index >= 15 is 0 Å². The molecule has 1 aliphatic rings. The first-order valence-corrected chi connectivity index (χ1v) is 9.80. The molecule has 1 N–H and O–H groups in total. The maximum absolute atomic E-state index is 12.5. The standard InChI is InChI=1S/C17H20N4O2S2/c1-10(2)24-17-20-19-16(25-17)18-15(23)12-8-14(22)21(9-12)13-6-4-11(3)5-7-13/h4-7,10,12H,8-9H2,1-3H3,(H,18,19,23)/t12-/m0/s1. The molecule has 0 radical (unpaired) electrons. The second-order valence-electron chi connectivity index (χ2n) is 6.27. The summed E-state index contributed by atoms with van der Waals surface area (Å²) in [6.45, 7) is 6.54. The number of anilines is 2. The molecular weight excluding hydrogens is 356 g/mol. The lowest BCUT2D eigenvalue weighted by molar-refractivity contribution is -0.122. The molecule has 6 nitrogen and oxygen atoms in total. The Morgan fingerprint density at radius 3 is 2.72 bits per heavy atom. The zero-order chi connectivity index (χ0) is 18.0. The van der Waals surface area contributed by atoms with Crippen molar-refractivity contribution in [3.8, 4) is 0 Å². The molecule has 1 aromatic heterocycles. The predicted molar refractivity (Wildman–Crippen MR) is 101 cm³/mol. The minimum absolute atomic E-state index is 0.0303. The molecule has 8 heteroatoms. The Hall–Kier alpha value is -1.93. The van der Waals surface area contributed by atoms with Gasteiger partial charge in [-0.25, -0.2) is 0 Å². The van der Waals surface area contributed by atoms with E-state index in [-0.39, 0.29) is 24.2 Å². The Balaban J connectivity index is 1.62. The molecule has 2 heterocycles. The number of nitrogens with zero attached hydrogens (tertiary/aromatic N) is 3. The summed E-state index contributed by atoms with van der Waals surface area (Å²) in [5.41, 5.74) is 1.97. The topological polar surface area (TPSA) is 75.2 Å². The largest absolute Gasteiger partial charge is 0.312 e. The molecule has 0 aliphatic carbocycles. The smallest absolute Gasteiger partial charge is 0.231 e. The van der Waals surface area contributed by atoms with Gasteiger partial charge in [-0.3, -0.25) is 9.59 Å². The number of benzene rings is 1. The van der Waals surface area contributed by atoms with Crippen LogP contribution in [0.25, 0.3) is 0 Å². The van der Waals surface area contributed by atoms with Gasteiger partial charge < -0.3 is 10.2 Å². The summed E-state index contributed by atoms with van der Waals surface area (Å²) >= 11 is 2.97. The minimum atomic E-state index is -0.376. The first-order valence-electron chi connectivity index (χ1n) is 8.10. The molecule has 0 spiro atoms. The Bertz CT molecular complexity index is 773. The van der Waals surface area contributed by atoms with Gasteiger partial charge in [-0.2, -0.15) is 0 Å². The van der Waals surface area contributed by atoms with Crippen LogP contribution < -0.4 is 10.2 Å². The summed E-state index contributed by atoms with van der Waals surface area (Å²) in [6, 6.07) is 7.75. The van der Waals surface area contributed by atoms with Gasteiger partial charge in [0.05, 0.1) is 5.92 Å². The van der Waals surface area contributed by atoms with Crippen LogP contribution in [0, 0.1) is 12.8 Å². The summed E-state index contributed by atoms with van der Waals surface area (Å²) in [4.78, 5) is 26.4. The molecule has 1 aromatic carbocycles. The number of hydrogen-bond acceptors (Lipinski definition) is 6. The van der Waals surface area contributed by atoms with Crippen molar-refractivity contribution in [2.75, 3.05) is 16.8 Å². The van der Waals surface area contributed by atoms with E-state index in [2.05, 4.69) is 29.4 Å². The van der Waals surface area contributed by atoms with E-state index in [9.17, 15) is 9.59 Å². The van der Waals surface area contributed by atoms with Gasteiger partial charge >= 0.3 is 0 Å². The van der Waals surface area contributed by atoms with Crippen LogP contribution in [0.3, 0.4) is 0 Å². The number of amides is 2. The van der Waals surface area contributed by atoms with Gasteiger partial charge in [-0.05, 0) is 19.1 Å². The molecule has 2 amide bonds. The van der Waals surface area contributed by atoms with E-state index in [1.165, 1.54) is 11.3 Å². The first-order chi connectivity index (χ1) is 11.9. The van der Waals surface area contributed by atoms with Gasteiger partial charge in [-0.1, -0.05) is 54.6 Å². The number of aromatic nitrogens is 2. The van der Waals surface area contributed by atoms with Crippen LogP contribution in [0.5, 0.6) is 0 Å². The number of rotatable bonds is 5. The lowest BCUT2D eigenvalue weighted by atomic mass is 10.1. The molecule has 3 rings (SSSR count). The molecule has 25 heavy (non-hydrogen) atoms. The average Bonchev–Trinajstić information content (AvgIpc) is 3.14. The van der Waals surface area contributed by atoms with Gasteiger partial charge in [0.25, 0.3) is 0 Å². The molecule has 0 unspecified atom stereocenters. The molecule has 1 fully saturated rings. The molecule has 2 aromatic rings. The van der Waals surface area contributed by atoms with Crippen molar-refractivity contribution in [1.82, 2.24) is 10.2 Å². The van der Waals surface area contributed by atoms with Crippen LogP contribution in [0.2, 0.25) is 0 Å². The number of hydrogen-bond donors (Lipinski definition) is 1. The quantitative estimate of drug-likeness (QED) is 0.640. The van der Waals surface area contributed by atoms with E-state index in [4.69, 9.17) is 0 Å². The van der Waals surface area contributed by atoms with Crippen LogP contribution in [0.1, 0.15) is 25.8 Å². The average molecular weight is 377 g/mol. The fourth-order valence-electron chi connectivity index (χ4n) is 2.57. The lowest BCUT2D eigenvalue weighted by Gasteiger charge is -2.16. The first kappa shape index (κ1) is 17.9. The maximum atomic E-state index is 12.5. The Kier molecular flexibility index (Phi) is 5.39. The molecule has 0 saturated carbocycles. The highest BCUT2D eigenvalue weighted by Gasteiger charge is 2.35. The van der Waals surface area contributed by atoms with Crippen LogP contribution in [0.4, 0.5) is 10.8 Å². The Labute approximate surface area is 155 Å². The third-order valence-electron chi connectivity index (χ3n) is 3.81. The minimum Gasteiger partial charge on any atom is -0.312 e. The van der Waals surface area contributed by atoms with Gasteiger partial charge in [0.15, 0.2) is 4.34 Å². The van der Waals surface area contributed by atoms with Crippen molar-refractivity contribution >= 4 is 45.7 Å². The van der Waals surface area contributed by atoms with Gasteiger partial charge in [-0.15, -0.1) is 10.2 Å². The predicted octanol–water partition coefficient (Wildman–Crippen LogP) is 3.34. The lowest BCUT2D eigenvalue weighted by Crippen LogP contribution is -2.28. The number of nitrogens with one attached hydrogen (secondary N) is 1. The van der Waals surface area contributed by atoms with Crippen LogP contribution in [-0.4, -0.2) is 33.8 Å². The summed E-state index contributed by atoms with van der Waals surface area (Å²) < 4.78 is 0.828. The summed E-state index contributed by atoms with van der Waals surface area (Å²) in [5.74, 6) is -0.587. The highest BCUT2D eigenvalue weighted by atomic mass is 32.2. The maximum Gasteiger partial charge on any atom is 0.231 e. The summed E-state index contributed by atoms with van der Waals surface area (Å²) in [6.07, 6.45) is 0.214. The van der Waals surface area contributed by atoms with Crippen molar-refractivity contribution in [1.29, 1.82) is 0 Å². The molecule has 132 valence electrons. The summed E-state index contributed by atoms with van der Waals surface area (Å²) in [5, 5.41) is 11.7. The van der Waals surface area contributed by atoms with Crippen molar-refractivity contribution in [2.45, 2.75) is 36.8 Å². The second kappa shape index (κ2) is 7.53. The molecular formula is C17H20N4O2S2. The normalized spacial score (nSPS) is 17.4. The van der Waals surface area contributed by atoms with E-state index < -0.39 is 0 Å². The van der Waals surface area contributed by atoms with Crippen molar-refractivity contribution < 1.29 is 9.59 Å². The fourth-order valence-corrected chi connectivity index (χ4v) is 4.55. The van der Waals surface area contributed by atoms with Crippen molar-refractivity contribution in [3.63, 3.8) is 0 Å². The second-order valence-corrected chi connectivity index (χ2v) is 9.07. The van der Waals surface area contributed by atoms with Crippen LogP contribution >= 0.6 is 23.1 Å². The third-order valence-corrected chi connectivity index (χ3v) is 5.74. The van der Waals surface area contributed by atoms with Gasteiger partial charge in [0.1, 0.15) is 0 Å². The van der Waals surface area contributed by atoms with Crippen molar-refractivity contribution in [2.24, 2.45) is 5.92 Å². The van der Waals surface area contributed by atoms with E-state index in [0.717, 1.165) is 15.6 Å². The summed E-state index contributed by atoms with van der Waals surface area (Å²) in [7, 11) is 0. The van der Waals surface area contributed by atoms with E-state index in [0.29, 0.717) is 16.9 Å². The van der Waals surface area contributed by atoms with E-state index in [1.54, 1.807) is 16.7 Å². The third kappa shape index (κ3) is 4.38. The van der Waals surface area contributed by atoms with Crippen LogP contribution in [0.15, 0.2) is 28.6 Å². The fraction of sp³-hybridized carbons (Fsp3) is 0.412. The number of carbonyl (C=O) groups is 2. The SMILES string of the molecule is Cc1ccc(N2C[C@@H](C(=O)Nc3nnc(SC(C)C)s3)CC2=O)cc1. The number of thioether (sulfide) groups is 1. The number of carbonyl (C=O) groups excluding carboxylic acids is 2. The van der Waals surface area contributed by atoms with Gasteiger partial charge in [0, 0.05) is 23.9 Å². The molecule has 1 saturated heterocycles. The zero-order valence-electron chi connectivity index (χ0n) is 14.4. The van der Waals surface area contributed by atoms with Crippen molar-refractivity contribution in [3.05, 3.63) is 29.8 Å². The molecule has 1 aliphatic heterocycles. The van der Waals surface area contributed by atoms with Crippen LogP contribution in [-0.2, 0) is 9.59 Å². The highest BCUT2D eigenvalue weighted by molar-refractivity contribution is 8.01. The number of aryl methyl sites for hydroxylation is 1. The Morgan fingerprint density at radius 2 is 2.04 bits per heavy atom. The molecule has 1 atom stereocenters. The van der Waals surface area contributed by atoms with E-state index in [1.807, 2.05) is 31.2 Å². The zero-order valence-corrected chi connectivity index (χ0v) is 16.0. The Morgan fingerprint density at radius 1 is 1.32 bits per heavy atom. The highest BCUT2D eigenvalue weighted by Crippen LogP contribution is 2.30.